The molecule has 1 aromatic carbocycles. The van der Waals surface area contributed by atoms with Gasteiger partial charge in [0.25, 0.3) is 0 Å². The third-order valence-corrected chi connectivity index (χ3v) is 2.34. The minimum atomic E-state index is -4.74. The van der Waals surface area contributed by atoms with Gasteiger partial charge in [-0.1, -0.05) is 6.07 Å². The number of alkyl halides is 3. The monoisotopic (exact) mass is 244 g/mol. The van der Waals surface area contributed by atoms with Gasteiger partial charge in [-0.15, -0.1) is 13.2 Å². The summed E-state index contributed by atoms with van der Waals surface area (Å²) in [5, 5.41) is 8.76. The van der Waals surface area contributed by atoms with E-state index in [4.69, 9.17) is 5.11 Å². The molecule has 1 aliphatic rings. The standard InChI is InChI=1S/C11H7F3O3/c12-11(13,14)17-9-2-1-6-3-8(10(15)16)4-7(6)5-9/h1-2,4-5H,3H2,(H,15,16). The third-order valence-electron chi connectivity index (χ3n) is 2.34. The SMILES string of the molecule is O=C(O)C1=Cc2cc(OC(F)(F)F)ccc2C1. The summed E-state index contributed by atoms with van der Waals surface area (Å²) in [5.74, 6) is -1.42. The first-order chi connectivity index (χ1) is 7.85. The number of carbonyl (C=O) groups is 1. The van der Waals surface area contributed by atoms with Crippen LogP contribution in [0.15, 0.2) is 23.8 Å². The van der Waals surface area contributed by atoms with Crippen molar-refractivity contribution < 1.29 is 27.8 Å². The van der Waals surface area contributed by atoms with Crippen LogP contribution in [0.4, 0.5) is 13.2 Å². The lowest BCUT2D eigenvalue weighted by Gasteiger charge is -2.09. The fraction of sp³-hybridized carbons (Fsp3) is 0.182. The van der Waals surface area contributed by atoms with Crippen LogP contribution in [-0.2, 0) is 11.2 Å². The molecule has 0 atom stereocenters. The minimum Gasteiger partial charge on any atom is -0.478 e. The Bertz CT molecular complexity index is 503. The van der Waals surface area contributed by atoms with Crippen LogP contribution in [0.25, 0.3) is 6.08 Å². The van der Waals surface area contributed by atoms with Gasteiger partial charge in [0.2, 0.25) is 0 Å². The fourth-order valence-electron chi connectivity index (χ4n) is 1.65. The van der Waals surface area contributed by atoms with Crippen molar-refractivity contribution >= 4 is 12.0 Å². The van der Waals surface area contributed by atoms with E-state index in [-0.39, 0.29) is 17.7 Å². The zero-order valence-electron chi connectivity index (χ0n) is 8.41. The molecule has 6 heteroatoms. The summed E-state index contributed by atoms with van der Waals surface area (Å²) in [6.07, 6.45) is -3.18. The first-order valence-electron chi connectivity index (χ1n) is 4.68. The van der Waals surface area contributed by atoms with Crippen LogP contribution in [0.3, 0.4) is 0 Å². The number of halogens is 3. The van der Waals surface area contributed by atoms with E-state index in [9.17, 15) is 18.0 Å². The highest BCUT2D eigenvalue weighted by Crippen LogP contribution is 2.30. The first kappa shape index (κ1) is 11.5. The van der Waals surface area contributed by atoms with E-state index in [1.165, 1.54) is 24.3 Å². The number of ether oxygens (including phenoxy) is 1. The van der Waals surface area contributed by atoms with Crippen LogP contribution in [0, 0.1) is 0 Å². The molecule has 17 heavy (non-hydrogen) atoms. The predicted octanol–water partition coefficient (Wildman–Crippen LogP) is 2.61. The van der Waals surface area contributed by atoms with Gasteiger partial charge in [-0.05, 0) is 29.3 Å². The van der Waals surface area contributed by atoms with Gasteiger partial charge < -0.3 is 9.84 Å². The van der Waals surface area contributed by atoms with Gasteiger partial charge in [-0.25, -0.2) is 4.79 Å². The van der Waals surface area contributed by atoms with Crippen LogP contribution in [0.2, 0.25) is 0 Å². The number of rotatable bonds is 2. The maximum Gasteiger partial charge on any atom is 0.573 e. The van der Waals surface area contributed by atoms with E-state index >= 15 is 0 Å². The van der Waals surface area contributed by atoms with Gasteiger partial charge >= 0.3 is 12.3 Å². The minimum absolute atomic E-state index is 0.157. The molecular formula is C11H7F3O3. The number of carboxylic acids is 1. The van der Waals surface area contributed by atoms with Crippen LogP contribution < -0.4 is 4.74 Å². The molecule has 1 N–H and O–H groups in total. The topological polar surface area (TPSA) is 46.5 Å². The number of aliphatic carboxylic acids is 1. The average Bonchev–Trinajstić information content (AvgIpc) is 2.57. The molecule has 3 nitrogen and oxygen atoms in total. The number of hydrogen-bond donors (Lipinski definition) is 1. The van der Waals surface area contributed by atoms with E-state index in [1.807, 2.05) is 0 Å². The third kappa shape index (κ3) is 2.58. The van der Waals surface area contributed by atoms with Crippen molar-refractivity contribution in [3.05, 3.63) is 34.9 Å². The van der Waals surface area contributed by atoms with Crippen LogP contribution in [0.1, 0.15) is 11.1 Å². The van der Waals surface area contributed by atoms with Crippen molar-refractivity contribution in [3.63, 3.8) is 0 Å². The Morgan fingerprint density at radius 2 is 2.06 bits per heavy atom. The second kappa shape index (κ2) is 3.80. The number of carboxylic acid groups (broad SMARTS) is 1. The molecule has 1 aromatic rings. The van der Waals surface area contributed by atoms with Crippen molar-refractivity contribution in [3.8, 4) is 5.75 Å². The summed E-state index contributed by atoms with van der Waals surface area (Å²) in [6.45, 7) is 0. The smallest absolute Gasteiger partial charge is 0.478 e. The van der Waals surface area contributed by atoms with Crippen molar-refractivity contribution in [2.24, 2.45) is 0 Å². The van der Waals surface area contributed by atoms with E-state index in [0.717, 1.165) is 0 Å². The summed E-state index contributed by atoms with van der Waals surface area (Å²) in [5.41, 5.74) is 1.28. The Kier molecular flexibility index (Phi) is 2.57. The Morgan fingerprint density at radius 1 is 1.35 bits per heavy atom. The first-order valence-corrected chi connectivity index (χ1v) is 4.68. The highest BCUT2D eigenvalue weighted by Gasteiger charge is 2.31. The quantitative estimate of drug-likeness (QED) is 0.869. The van der Waals surface area contributed by atoms with Crippen LogP contribution >= 0.6 is 0 Å². The maximum atomic E-state index is 12.0. The summed E-state index contributed by atoms with van der Waals surface area (Å²) in [4.78, 5) is 10.7. The van der Waals surface area contributed by atoms with Crippen molar-refractivity contribution in [2.75, 3.05) is 0 Å². The molecule has 0 aliphatic heterocycles. The zero-order chi connectivity index (χ0) is 12.6. The molecule has 0 spiro atoms. The van der Waals surface area contributed by atoms with Gasteiger partial charge in [0.1, 0.15) is 5.75 Å². The summed E-state index contributed by atoms with van der Waals surface area (Å²) < 4.78 is 39.6. The molecule has 0 heterocycles. The fourth-order valence-corrected chi connectivity index (χ4v) is 1.65. The maximum absolute atomic E-state index is 12.0. The van der Waals surface area contributed by atoms with Crippen LogP contribution in [-0.4, -0.2) is 17.4 Å². The zero-order valence-corrected chi connectivity index (χ0v) is 8.41. The van der Waals surface area contributed by atoms with Crippen molar-refractivity contribution in [2.45, 2.75) is 12.8 Å². The Balaban J connectivity index is 2.27. The summed E-state index contributed by atoms with van der Waals surface area (Å²) in [6, 6.07) is 3.78. The van der Waals surface area contributed by atoms with Gasteiger partial charge in [-0.3, -0.25) is 0 Å². The van der Waals surface area contributed by atoms with Gasteiger partial charge in [0.05, 0.1) is 0 Å². The summed E-state index contributed by atoms with van der Waals surface area (Å²) in [7, 11) is 0. The van der Waals surface area contributed by atoms with E-state index in [0.29, 0.717) is 11.1 Å². The number of benzene rings is 1. The van der Waals surface area contributed by atoms with Crippen molar-refractivity contribution in [1.82, 2.24) is 0 Å². The Hall–Kier alpha value is -1.98. The van der Waals surface area contributed by atoms with Gasteiger partial charge in [0.15, 0.2) is 0 Å². The lowest BCUT2D eigenvalue weighted by Crippen LogP contribution is -2.17. The molecule has 2 rings (SSSR count). The molecule has 0 fully saturated rings. The molecule has 0 radical (unpaired) electrons. The molecular weight excluding hydrogens is 237 g/mol. The molecule has 0 saturated heterocycles. The van der Waals surface area contributed by atoms with E-state index in [1.54, 1.807) is 0 Å². The van der Waals surface area contributed by atoms with Gasteiger partial charge in [-0.2, -0.15) is 0 Å². The van der Waals surface area contributed by atoms with E-state index < -0.39 is 12.3 Å². The van der Waals surface area contributed by atoms with Crippen molar-refractivity contribution in [1.29, 1.82) is 0 Å². The normalized spacial score (nSPS) is 14.2. The predicted molar refractivity (Wildman–Crippen MR) is 52.4 cm³/mol. The molecule has 0 aromatic heterocycles. The lowest BCUT2D eigenvalue weighted by atomic mass is 10.1. The second-order valence-electron chi connectivity index (χ2n) is 3.56. The Morgan fingerprint density at radius 3 is 2.65 bits per heavy atom. The van der Waals surface area contributed by atoms with E-state index in [2.05, 4.69) is 4.74 Å². The molecule has 0 amide bonds. The highest BCUT2D eigenvalue weighted by atomic mass is 19.4. The molecule has 90 valence electrons. The second-order valence-corrected chi connectivity index (χ2v) is 3.56. The molecule has 0 bridgehead atoms. The lowest BCUT2D eigenvalue weighted by molar-refractivity contribution is -0.274. The number of hydrogen-bond acceptors (Lipinski definition) is 2. The number of fused-ring (bicyclic) bond motifs is 1. The van der Waals surface area contributed by atoms with Gasteiger partial charge in [0, 0.05) is 12.0 Å². The molecule has 1 aliphatic carbocycles. The summed E-state index contributed by atoms with van der Waals surface area (Å²) >= 11 is 0. The van der Waals surface area contributed by atoms with Crippen LogP contribution in [0.5, 0.6) is 5.75 Å². The highest BCUT2D eigenvalue weighted by molar-refractivity contribution is 5.95. The average molecular weight is 244 g/mol. The molecule has 0 saturated carbocycles. The molecule has 0 unspecified atom stereocenters. The largest absolute Gasteiger partial charge is 0.573 e. The Labute approximate surface area is 94.1 Å².